The predicted molar refractivity (Wildman–Crippen MR) is 139 cm³/mol. The maximum atomic E-state index is 12.3. The number of benzene rings is 3. The van der Waals surface area contributed by atoms with E-state index in [1.807, 2.05) is 32.0 Å². The second kappa shape index (κ2) is 11.9. The fourth-order valence-corrected chi connectivity index (χ4v) is 3.65. The van der Waals surface area contributed by atoms with Crippen LogP contribution in [0.4, 0.5) is 11.4 Å². The van der Waals surface area contributed by atoms with Crippen molar-refractivity contribution < 1.29 is 24.0 Å². The Kier molecular flexibility index (Phi) is 8.74. The van der Waals surface area contributed by atoms with Gasteiger partial charge in [0, 0.05) is 23.4 Å². The molecule has 0 unspecified atom stereocenters. The molecule has 3 rings (SSSR count). The molecule has 10 nitrogen and oxygen atoms in total. The highest BCUT2D eigenvalue weighted by atomic mass is 79.9. The van der Waals surface area contributed by atoms with Gasteiger partial charge in [-0.05, 0) is 82.9 Å². The first-order valence-corrected chi connectivity index (χ1v) is 11.4. The van der Waals surface area contributed by atoms with Crippen LogP contribution < -0.4 is 20.2 Å². The molecule has 0 spiro atoms. The number of nitro benzene ring substituents is 1. The van der Waals surface area contributed by atoms with Gasteiger partial charge in [0.25, 0.3) is 17.5 Å². The van der Waals surface area contributed by atoms with Crippen molar-refractivity contribution in [2.24, 2.45) is 5.10 Å². The fraction of sp³-hybridized carbons (Fsp3) is 0.160. The van der Waals surface area contributed by atoms with E-state index in [0.717, 1.165) is 11.1 Å². The number of nitrogens with zero attached hydrogens (tertiary/aromatic N) is 2. The summed E-state index contributed by atoms with van der Waals surface area (Å²) >= 11 is 3.41. The molecule has 3 aromatic carbocycles. The van der Waals surface area contributed by atoms with Gasteiger partial charge in [-0.1, -0.05) is 6.07 Å². The van der Waals surface area contributed by atoms with Crippen LogP contribution >= 0.6 is 15.9 Å². The SMILES string of the molecule is COc1cc(/C=N/NC(=O)c2ccc([N+](=O)[O-])cc2)cc(Br)c1OCC(=O)Nc1ccc(C)c(C)c1. The minimum Gasteiger partial charge on any atom is -0.493 e. The normalized spacial score (nSPS) is 10.7. The number of carbonyl (C=O) groups excluding carboxylic acids is 2. The minimum absolute atomic E-state index is 0.114. The van der Waals surface area contributed by atoms with Crippen molar-refractivity contribution in [2.75, 3.05) is 19.0 Å². The minimum atomic E-state index is -0.546. The zero-order valence-corrected chi connectivity index (χ0v) is 21.3. The molecule has 186 valence electrons. The molecule has 0 aromatic heterocycles. The third-order valence-corrected chi connectivity index (χ3v) is 5.70. The van der Waals surface area contributed by atoms with Gasteiger partial charge in [-0.3, -0.25) is 19.7 Å². The lowest BCUT2D eigenvalue weighted by Gasteiger charge is -2.14. The van der Waals surface area contributed by atoms with Crippen LogP contribution in [-0.2, 0) is 4.79 Å². The molecule has 2 N–H and O–H groups in total. The summed E-state index contributed by atoms with van der Waals surface area (Å²) in [6, 6.07) is 14.1. The van der Waals surface area contributed by atoms with E-state index in [1.165, 1.54) is 37.6 Å². The van der Waals surface area contributed by atoms with E-state index in [9.17, 15) is 19.7 Å². The van der Waals surface area contributed by atoms with E-state index in [1.54, 1.807) is 12.1 Å². The van der Waals surface area contributed by atoms with E-state index < -0.39 is 10.8 Å². The highest BCUT2D eigenvalue weighted by molar-refractivity contribution is 9.10. The molecule has 36 heavy (non-hydrogen) atoms. The molecule has 0 saturated carbocycles. The number of non-ortho nitro benzene ring substituents is 1. The number of methoxy groups -OCH3 is 1. The Morgan fingerprint density at radius 1 is 1.08 bits per heavy atom. The number of aryl methyl sites for hydroxylation is 2. The number of hydrogen-bond acceptors (Lipinski definition) is 7. The average Bonchev–Trinajstić information content (AvgIpc) is 2.85. The van der Waals surface area contributed by atoms with E-state index in [2.05, 4.69) is 31.8 Å². The molecule has 0 aliphatic rings. The van der Waals surface area contributed by atoms with Crippen molar-refractivity contribution >= 4 is 45.3 Å². The van der Waals surface area contributed by atoms with Gasteiger partial charge in [-0.15, -0.1) is 0 Å². The third-order valence-electron chi connectivity index (χ3n) is 5.11. The highest BCUT2D eigenvalue weighted by Crippen LogP contribution is 2.36. The number of ether oxygens (including phenoxy) is 2. The molecule has 0 heterocycles. The first-order valence-electron chi connectivity index (χ1n) is 10.6. The van der Waals surface area contributed by atoms with Gasteiger partial charge in [0.1, 0.15) is 0 Å². The summed E-state index contributed by atoms with van der Waals surface area (Å²) in [4.78, 5) is 34.7. The number of amides is 2. The molecule has 0 aliphatic carbocycles. The van der Waals surface area contributed by atoms with Crippen LogP contribution in [0.2, 0.25) is 0 Å². The summed E-state index contributed by atoms with van der Waals surface area (Å²) in [5, 5.41) is 17.4. The predicted octanol–water partition coefficient (Wildman–Crippen LogP) is 4.76. The number of rotatable bonds is 9. The van der Waals surface area contributed by atoms with Crippen LogP contribution in [0.1, 0.15) is 27.0 Å². The van der Waals surface area contributed by atoms with E-state index in [0.29, 0.717) is 27.2 Å². The van der Waals surface area contributed by atoms with Gasteiger partial charge in [0.2, 0.25) is 0 Å². The zero-order valence-electron chi connectivity index (χ0n) is 19.7. The average molecular weight is 555 g/mol. The van der Waals surface area contributed by atoms with Gasteiger partial charge in [0.05, 0.1) is 22.7 Å². The first-order chi connectivity index (χ1) is 17.2. The summed E-state index contributed by atoms with van der Waals surface area (Å²) in [5.41, 5.74) is 5.93. The van der Waals surface area contributed by atoms with E-state index in [4.69, 9.17) is 9.47 Å². The standard InChI is InChI=1S/C25H23BrN4O6/c1-15-4-7-19(10-16(15)2)28-23(31)14-36-24-21(26)11-17(12-22(24)35-3)13-27-29-25(32)18-5-8-20(9-6-18)30(33)34/h4-13H,14H2,1-3H3,(H,28,31)(H,29,32)/b27-13+. The van der Waals surface area contributed by atoms with Crippen molar-refractivity contribution in [1.29, 1.82) is 0 Å². The van der Waals surface area contributed by atoms with Crippen LogP contribution in [0.5, 0.6) is 11.5 Å². The van der Waals surface area contributed by atoms with Crippen molar-refractivity contribution in [3.63, 3.8) is 0 Å². The Hall–Kier alpha value is -4.25. The van der Waals surface area contributed by atoms with Crippen LogP contribution in [0.15, 0.2) is 64.2 Å². The Morgan fingerprint density at radius 2 is 1.81 bits per heavy atom. The Bertz CT molecular complexity index is 1320. The highest BCUT2D eigenvalue weighted by Gasteiger charge is 2.14. The number of anilines is 1. The molecule has 0 saturated heterocycles. The first kappa shape index (κ1) is 26.4. The number of halogens is 1. The van der Waals surface area contributed by atoms with Crippen LogP contribution in [0.3, 0.4) is 0 Å². The zero-order chi connectivity index (χ0) is 26.2. The monoisotopic (exact) mass is 554 g/mol. The van der Waals surface area contributed by atoms with Crippen molar-refractivity contribution in [3.05, 3.63) is 91.4 Å². The van der Waals surface area contributed by atoms with Crippen molar-refractivity contribution in [3.8, 4) is 11.5 Å². The fourth-order valence-electron chi connectivity index (χ4n) is 3.07. The van der Waals surface area contributed by atoms with Gasteiger partial charge < -0.3 is 14.8 Å². The number of carbonyl (C=O) groups is 2. The summed E-state index contributed by atoms with van der Waals surface area (Å²) in [6.07, 6.45) is 1.40. The topological polar surface area (TPSA) is 132 Å². The largest absolute Gasteiger partial charge is 0.493 e. The summed E-state index contributed by atoms with van der Waals surface area (Å²) < 4.78 is 11.6. The van der Waals surface area contributed by atoms with Crippen LogP contribution in [0.25, 0.3) is 0 Å². The van der Waals surface area contributed by atoms with Gasteiger partial charge in [0.15, 0.2) is 18.1 Å². The molecule has 0 fully saturated rings. The Balaban J connectivity index is 1.62. The van der Waals surface area contributed by atoms with Gasteiger partial charge in [-0.2, -0.15) is 5.10 Å². The molecule has 0 aliphatic heterocycles. The molecule has 2 amide bonds. The third kappa shape index (κ3) is 6.89. The maximum Gasteiger partial charge on any atom is 0.271 e. The summed E-state index contributed by atoms with van der Waals surface area (Å²) in [7, 11) is 1.46. The Morgan fingerprint density at radius 3 is 2.44 bits per heavy atom. The Labute approximate surface area is 215 Å². The van der Waals surface area contributed by atoms with E-state index in [-0.39, 0.29) is 23.8 Å². The molecule has 11 heteroatoms. The lowest BCUT2D eigenvalue weighted by Crippen LogP contribution is -2.20. The van der Waals surface area contributed by atoms with Crippen molar-refractivity contribution in [2.45, 2.75) is 13.8 Å². The van der Waals surface area contributed by atoms with Crippen LogP contribution in [0, 0.1) is 24.0 Å². The number of hydrazone groups is 1. The second-order valence-corrected chi connectivity index (χ2v) is 8.53. The second-order valence-electron chi connectivity index (χ2n) is 7.67. The summed E-state index contributed by atoms with van der Waals surface area (Å²) in [5.74, 6) is -0.167. The molecular weight excluding hydrogens is 532 g/mol. The summed E-state index contributed by atoms with van der Waals surface area (Å²) in [6.45, 7) is 3.73. The van der Waals surface area contributed by atoms with Gasteiger partial charge in [-0.25, -0.2) is 5.43 Å². The number of hydrogen-bond donors (Lipinski definition) is 2. The van der Waals surface area contributed by atoms with Crippen molar-refractivity contribution in [1.82, 2.24) is 5.43 Å². The molecule has 3 aromatic rings. The molecular formula is C25H23BrN4O6. The quantitative estimate of drug-likeness (QED) is 0.222. The molecule has 0 atom stereocenters. The maximum absolute atomic E-state index is 12.3. The van der Waals surface area contributed by atoms with E-state index >= 15 is 0 Å². The van der Waals surface area contributed by atoms with Gasteiger partial charge >= 0.3 is 0 Å². The molecule has 0 bridgehead atoms. The lowest BCUT2D eigenvalue weighted by molar-refractivity contribution is -0.384. The molecule has 0 radical (unpaired) electrons. The smallest absolute Gasteiger partial charge is 0.271 e. The number of nitro groups is 1. The van der Waals surface area contributed by atoms with Crippen LogP contribution in [-0.4, -0.2) is 36.7 Å². The number of nitrogens with one attached hydrogen (secondary N) is 2. The lowest BCUT2D eigenvalue weighted by atomic mass is 10.1.